The van der Waals surface area contributed by atoms with E-state index in [2.05, 4.69) is 21.2 Å². The summed E-state index contributed by atoms with van der Waals surface area (Å²) in [6.45, 7) is 2.77. The van der Waals surface area contributed by atoms with E-state index in [-0.39, 0.29) is 12.5 Å². The predicted molar refractivity (Wildman–Crippen MR) is 103 cm³/mol. The number of aliphatic hydroxyl groups excluding tert-OH is 2. The topological polar surface area (TPSA) is 83.6 Å². The number of hydrogen-bond donors (Lipinski definition) is 2. The third-order valence-corrected chi connectivity index (χ3v) is 5.83. The van der Waals surface area contributed by atoms with E-state index in [1.807, 2.05) is 16.9 Å². The molecule has 2 fully saturated rings. The van der Waals surface area contributed by atoms with E-state index in [4.69, 9.17) is 16.3 Å². The second-order valence-electron chi connectivity index (χ2n) is 7.32. The van der Waals surface area contributed by atoms with Gasteiger partial charge in [-0.25, -0.2) is 4.98 Å². The minimum atomic E-state index is -0.562. The summed E-state index contributed by atoms with van der Waals surface area (Å²) >= 11 is 6.17. The molecule has 2 saturated heterocycles. The number of aliphatic hydroxyl groups is 2. The van der Waals surface area contributed by atoms with Crippen molar-refractivity contribution in [1.29, 1.82) is 0 Å². The quantitative estimate of drug-likeness (QED) is 0.775. The van der Waals surface area contributed by atoms with Gasteiger partial charge in [0.25, 0.3) is 0 Å². The maximum atomic E-state index is 10.3. The summed E-state index contributed by atoms with van der Waals surface area (Å²) in [5.74, 6) is -0.0710. The van der Waals surface area contributed by atoms with E-state index in [9.17, 15) is 10.2 Å². The number of rotatable bonds is 4. The molecule has 2 aliphatic heterocycles. The second-order valence-corrected chi connectivity index (χ2v) is 7.71. The zero-order chi connectivity index (χ0) is 18.8. The molecule has 0 aliphatic carbocycles. The summed E-state index contributed by atoms with van der Waals surface area (Å²) in [7, 11) is 0. The number of halogens is 1. The minimum Gasteiger partial charge on any atom is -0.396 e. The summed E-state index contributed by atoms with van der Waals surface area (Å²) in [6.07, 6.45) is 7.79. The van der Waals surface area contributed by atoms with Gasteiger partial charge in [-0.05, 0) is 25.3 Å². The van der Waals surface area contributed by atoms with E-state index in [1.54, 1.807) is 6.20 Å². The van der Waals surface area contributed by atoms with E-state index in [0.29, 0.717) is 17.7 Å². The molecule has 2 aromatic heterocycles. The Hall–Kier alpha value is -1.67. The third kappa shape index (κ3) is 3.96. The van der Waals surface area contributed by atoms with E-state index in [0.717, 1.165) is 55.8 Å². The lowest BCUT2D eigenvalue weighted by Gasteiger charge is -2.37. The van der Waals surface area contributed by atoms with Crippen LogP contribution < -0.4 is 4.90 Å². The number of hydrogen-bond acceptors (Lipinski definition) is 6. The van der Waals surface area contributed by atoms with Crippen molar-refractivity contribution in [1.82, 2.24) is 14.8 Å². The Morgan fingerprint density at radius 1 is 1.22 bits per heavy atom. The largest absolute Gasteiger partial charge is 0.396 e. The molecular weight excluding hydrogens is 368 g/mol. The smallest absolute Gasteiger partial charge is 0.131 e. The molecule has 4 heterocycles. The molecule has 0 aromatic carbocycles. The molecule has 2 aliphatic rings. The van der Waals surface area contributed by atoms with Crippen molar-refractivity contribution in [3.63, 3.8) is 0 Å². The molecule has 0 spiro atoms. The summed E-state index contributed by atoms with van der Waals surface area (Å²) < 4.78 is 7.46. The number of aromatic nitrogens is 3. The van der Waals surface area contributed by atoms with Crippen LogP contribution in [-0.4, -0.2) is 64.0 Å². The molecule has 4 rings (SSSR count). The molecule has 2 atom stereocenters. The summed E-state index contributed by atoms with van der Waals surface area (Å²) in [5, 5.41) is 24.7. The SMILES string of the molecule is OC[C@H]1CCN(c2cc(Cl)ncc2-c2cnn(C3CCOCC3)c2)C[C@@H]1O. The molecule has 27 heavy (non-hydrogen) atoms. The number of anilines is 1. The lowest BCUT2D eigenvalue weighted by Crippen LogP contribution is -2.45. The van der Waals surface area contributed by atoms with Gasteiger partial charge < -0.3 is 19.8 Å². The average Bonchev–Trinajstić information content (AvgIpc) is 3.18. The fraction of sp³-hybridized carbons (Fsp3) is 0.579. The van der Waals surface area contributed by atoms with Crippen LogP contribution in [-0.2, 0) is 4.74 Å². The third-order valence-electron chi connectivity index (χ3n) is 5.62. The highest BCUT2D eigenvalue weighted by Crippen LogP contribution is 2.35. The van der Waals surface area contributed by atoms with Gasteiger partial charge in [0.15, 0.2) is 0 Å². The van der Waals surface area contributed by atoms with Crippen LogP contribution in [0.5, 0.6) is 0 Å². The standard InChI is InChI=1S/C19H25ClN4O3/c20-19-7-17(23-4-1-13(12-25)18(26)11-23)16(9-21-19)14-8-22-24(10-14)15-2-5-27-6-3-15/h7-10,13,15,18,25-26H,1-6,11-12H2/t13-,18+/m1/s1. The molecule has 0 amide bonds. The first-order valence-electron chi connectivity index (χ1n) is 9.47. The maximum absolute atomic E-state index is 10.3. The number of β-amino-alcohol motifs (C(OH)–C–C–N with tert-alkyl or cyclic N) is 1. The summed E-state index contributed by atoms with van der Waals surface area (Å²) in [5.41, 5.74) is 2.88. The molecule has 2 N–H and O–H groups in total. The van der Waals surface area contributed by atoms with Gasteiger partial charge in [-0.3, -0.25) is 4.68 Å². The van der Waals surface area contributed by atoms with Crippen LogP contribution in [0.3, 0.4) is 0 Å². The molecule has 7 nitrogen and oxygen atoms in total. The zero-order valence-corrected chi connectivity index (χ0v) is 15.9. The normalized spacial score (nSPS) is 24.3. The van der Waals surface area contributed by atoms with E-state index >= 15 is 0 Å². The van der Waals surface area contributed by atoms with Gasteiger partial charge in [-0.15, -0.1) is 0 Å². The van der Waals surface area contributed by atoms with Crippen molar-refractivity contribution < 1.29 is 14.9 Å². The van der Waals surface area contributed by atoms with Gasteiger partial charge in [0.2, 0.25) is 0 Å². The van der Waals surface area contributed by atoms with Crippen molar-refractivity contribution in [3.05, 3.63) is 29.8 Å². The molecule has 0 saturated carbocycles. The van der Waals surface area contributed by atoms with Gasteiger partial charge in [0.05, 0.1) is 18.3 Å². The van der Waals surface area contributed by atoms with Crippen LogP contribution >= 0.6 is 11.6 Å². The zero-order valence-electron chi connectivity index (χ0n) is 15.2. The lowest BCUT2D eigenvalue weighted by molar-refractivity contribution is 0.0548. The Labute approximate surface area is 163 Å². The van der Waals surface area contributed by atoms with Crippen LogP contribution in [0.2, 0.25) is 5.15 Å². The lowest BCUT2D eigenvalue weighted by atomic mass is 9.94. The van der Waals surface area contributed by atoms with Crippen LogP contribution in [0.4, 0.5) is 5.69 Å². The van der Waals surface area contributed by atoms with E-state index in [1.165, 1.54) is 0 Å². The van der Waals surface area contributed by atoms with Gasteiger partial charge >= 0.3 is 0 Å². The van der Waals surface area contributed by atoms with Gasteiger partial charge in [-0.2, -0.15) is 5.10 Å². The minimum absolute atomic E-state index is 0.0108. The molecule has 146 valence electrons. The number of nitrogens with zero attached hydrogens (tertiary/aromatic N) is 4. The second kappa shape index (κ2) is 8.14. The van der Waals surface area contributed by atoms with Gasteiger partial charge in [0.1, 0.15) is 5.15 Å². The summed E-state index contributed by atoms with van der Waals surface area (Å²) in [6, 6.07) is 2.20. The first-order chi connectivity index (χ1) is 13.2. The van der Waals surface area contributed by atoms with Crippen molar-refractivity contribution in [2.75, 3.05) is 37.8 Å². The van der Waals surface area contributed by atoms with Crippen molar-refractivity contribution in [2.45, 2.75) is 31.4 Å². The number of piperidine rings is 1. The first-order valence-corrected chi connectivity index (χ1v) is 9.85. The highest BCUT2D eigenvalue weighted by atomic mass is 35.5. The Morgan fingerprint density at radius 2 is 2.04 bits per heavy atom. The Kier molecular flexibility index (Phi) is 5.63. The molecule has 2 aromatic rings. The van der Waals surface area contributed by atoms with Crippen LogP contribution in [0.1, 0.15) is 25.3 Å². The molecule has 0 radical (unpaired) electrons. The number of ether oxygens (including phenoxy) is 1. The Bertz CT molecular complexity index is 778. The van der Waals surface area contributed by atoms with Crippen LogP contribution in [0, 0.1) is 5.92 Å². The van der Waals surface area contributed by atoms with Crippen LogP contribution in [0.25, 0.3) is 11.1 Å². The van der Waals surface area contributed by atoms with Crippen molar-refractivity contribution >= 4 is 17.3 Å². The highest BCUT2D eigenvalue weighted by Gasteiger charge is 2.29. The summed E-state index contributed by atoms with van der Waals surface area (Å²) in [4.78, 5) is 6.38. The molecule has 0 bridgehead atoms. The number of pyridine rings is 1. The average molecular weight is 393 g/mol. The monoisotopic (exact) mass is 392 g/mol. The Morgan fingerprint density at radius 3 is 2.78 bits per heavy atom. The Balaban J connectivity index is 1.61. The highest BCUT2D eigenvalue weighted by molar-refractivity contribution is 6.29. The van der Waals surface area contributed by atoms with Crippen LogP contribution in [0.15, 0.2) is 24.7 Å². The van der Waals surface area contributed by atoms with Gasteiger partial charge in [-0.1, -0.05) is 11.6 Å². The van der Waals surface area contributed by atoms with Crippen molar-refractivity contribution in [2.24, 2.45) is 5.92 Å². The predicted octanol–water partition coefficient (Wildman–Crippen LogP) is 2.13. The first kappa shape index (κ1) is 18.7. The molecule has 8 heteroatoms. The van der Waals surface area contributed by atoms with Crippen molar-refractivity contribution in [3.8, 4) is 11.1 Å². The molecule has 0 unspecified atom stereocenters. The van der Waals surface area contributed by atoms with E-state index < -0.39 is 6.10 Å². The maximum Gasteiger partial charge on any atom is 0.131 e. The van der Waals surface area contributed by atoms with Gasteiger partial charge in [0, 0.05) is 68.0 Å². The fourth-order valence-electron chi connectivity index (χ4n) is 3.94. The molecular formula is C19H25ClN4O3. The fourth-order valence-corrected chi connectivity index (χ4v) is 4.09.